The number of nitrogens with two attached hydrogens (primary N) is 1. The Bertz CT molecular complexity index is 526. The second kappa shape index (κ2) is 6.17. The fourth-order valence-electron chi connectivity index (χ4n) is 1.96. The van der Waals surface area contributed by atoms with Crippen molar-refractivity contribution in [2.75, 3.05) is 6.54 Å². The van der Waals surface area contributed by atoms with E-state index in [9.17, 15) is 12.8 Å². The first-order valence-electron chi connectivity index (χ1n) is 5.92. The van der Waals surface area contributed by atoms with E-state index in [0.717, 1.165) is 18.9 Å². The number of rotatable bonds is 5. The Kier molecular flexibility index (Phi) is 5.32. The normalized spacial score (nSPS) is 16.8. The zero-order valence-electron chi connectivity index (χ0n) is 10.6. The molecule has 0 spiro atoms. The molecule has 1 aliphatic carbocycles. The van der Waals surface area contributed by atoms with Gasteiger partial charge in [0, 0.05) is 12.6 Å². The second-order valence-corrected chi connectivity index (χ2v) is 6.48. The van der Waals surface area contributed by atoms with Crippen LogP contribution < -0.4 is 10.5 Å². The molecular weight excluding hydrogens is 291 g/mol. The Balaban J connectivity index is 0.00000180. The smallest absolute Gasteiger partial charge is 0.240 e. The fourth-order valence-corrected chi connectivity index (χ4v) is 3.39. The van der Waals surface area contributed by atoms with Gasteiger partial charge in [0.1, 0.15) is 5.82 Å². The van der Waals surface area contributed by atoms with Crippen LogP contribution in [0.4, 0.5) is 4.39 Å². The van der Waals surface area contributed by atoms with Crippen LogP contribution in [0.15, 0.2) is 23.1 Å². The Morgan fingerprint density at radius 3 is 2.53 bits per heavy atom. The molecule has 3 N–H and O–H groups in total. The highest BCUT2D eigenvalue weighted by atomic mass is 35.5. The van der Waals surface area contributed by atoms with Gasteiger partial charge in [0.25, 0.3) is 0 Å². The van der Waals surface area contributed by atoms with Crippen LogP contribution in [-0.2, 0) is 10.0 Å². The first-order valence-corrected chi connectivity index (χ1v) is 7.40. The molecule has 7 heteroatoms. The molecular formula is C12H18ClFN2O2S. The van der Waals surface area contributed by atoms with Crippen LogP contribution in [0.2, 0.25) is 0 Å². The van der Waals surface area contributed by atoms with Crippen molar-refractivity contribution in [1.29, 1.82) is 0 Å². The number of hydrogen-bond donors (Lipinski definition) is 2. The predicted molar refractivity (Wildman–Crippen MR) is 74.3 cm³/mol. The van der Waals surface area contributed by atoms with Gasteiger partial charge in [0.05, 0.1) is 4.90 Å². The van der Waals surface area contributed by atoms with E-state index in [-0.39, 0.29) is 29.9 Å². The van der Waals surface area contributed by atoms with Crippen molar-refractivity contribution >= 4 is 22.4 Å². The van der Waals surface area contributed by atoms with Crippen molar-refractivity contribution in [3.63, 3.8) is 0 Å². The number of nitrogens with one attached hydrogen (secondary N) is 1. The van der Waals surface area contributed by atoms with Gasteiger partial charge >= 0.3 is 0 Å². The van der Waals surface area contributed by atoms with Crippen LogP contribution in [0.1, 0.15) is 18.4 Å². The van der Waals surface area contributed by atoms with Crippen LogP contribution in [0, 0.1) is 18.7 Å². The lowest BCUT2D eigenvalue weighted by Crippen LogP contribution is -2.41. The van der Waals surface area contributed by atoms with E-state index in [1.54, 1.807) is 6.92 Å². The van der Waals surface area contributed by atoms with Gasteiger partial charge in [-0.15, -0.1) is 12.4 Å². The largest absolute Gasteiger partial charge is 0.329 e. The molecule has 0 heterocycles. The minimum Gasteiger partial charge on any atom is -0.329 e. The maximum atomic E-state index is 13.2. The van der Waals surface area contributed by atoms with Gasteiger partial charge in [-0.2, -0.15) is 0 Å². The summed E-state index contributed by atoms with van der Waals surface area (Å²) in [5, 5.41) is 0. The van der Waals surface area contributed by atoms with Crippen molar-refractivity contribution in [1.82, 2.24) is 4.72 Å². The maximum absolute atomic E-state index is 13.2. The maximum Gasteiger partial charge on any atom is 0.240 e. The minimum atomic E-state index is -3.69. The first-order chi connectivity index (χ1) is 8.42. The molecule has 0 aromatic heterocycles. The molecule has 0 amide bonds. The van der Waals surface area contributed by atoms with Gasteiger partial charge in [-0.05, 0) is 49.4 Å². The van der Waals surface area contributed by atoms with Gasteiger partial charge in [-0.25, -0.2) is 17.5 Å². The lowest BCUT2D eigenvalue weighted by molar-refractivity contribution is 0.518. The highest BCUT2D eigenvalue weighted by molar-refractivity contribution is 7.89. The molecule has 0 saturated heterocycles. The average Bonchev–Trinajstić information content (AvgIpc) is 3.08. The predicted octanol–water partition coefficient (Wildman–Crippen LogP) is 1.57. The van der Waals surface area contributed by atoms with E-state index < -0.39 is 15.8 Å². The standard InChI is InChI=1S/C12H17FN2O2S.ClH/c1-8-4-10(13)6-11(5-8)18(16,17)15-12(7-14)9-2-3-9;/h4-6,9,12,15H,2-3,7,14H2,1H3;1H. The summed E-state index contributed by atoms with van der Waals surface area (Å²) in [4.78, 5) is -0.0425. The monoisotopic (exact) mass is 308 g/mol. The van der Waals surface area contributed by atoms with Crippen LogP contribution in [0.5, 0.6) is 0 Å². The van der Waals surface area contributed by atoms with Crippen molar-refractivity contribution in [3.8, 4) is 0 Å². The van der Waals surface area contributed by atoms with E-state index in [1.165, 1.54) is 12.1 Å². The molecule has 2 rings (SSSR count). The third kappa shape index (κ3) is 4.14. The molecule has 0 bridgehead atoms. The Morgan fingerprint density at radius 2 is 2.05 bits per heavy atom. The molecule has 1 saturated carbocycles. The molecule has 1 aliphatic rings. The van der Waals surface area contributed by atoms with Crippen LogP contribution in [0.25, 0.3) is 0 Å². The SMILES string of the molecule is Cc1cc(F)cc(S(=O)(=O)NC(CN)C2CC2)c1.Cl. The molecule has 1 unspecified atom stereocenters. The lowest BCUT2D eigenvalue weighted by Gasteiger charge is -2.16. The van der Waals surface area contributed by atoms with E-state index in [0.29, 0.717) is 11.5 Å². The summed E-state index contributed by atoms with van der Waals surface area (Å²) in [6, 6.07) is 3.51. The van der Waals surface area contributed by atoms with E-state index in [1.807, 2.05) is 0 Å². The number of sulfonamides is 1. The zero-order valence-corrected chi connectivity index (χ0v) is 12.2. The molecule has 1 aromatic rings. The lowest BCUT2D eigenvalue weighted by atomic mass is 10.2. The van der Waals surface area contributed by atoms with Crippen LogP contribution >= 0.6 is 12.4 Å². The summed E-state index contributed by atoms with van der Waals surface area (Å²) < 4.78 is 40.0. The third-order valence-electron chi connectivity index (χ3n) is 3.08. The van der Waals surface area contributed by atoms with Crippen molar-refractivity contribution in [2.45, 2.75) is 30.7 Å². The second-order valence-electron chi connectivity index (χ2n) is 4.77. The van der Waals surface area contributed by atoms with Crippen molar-refractivity contribution < 1.29 is 12.8 Å². The van der Waals surface area contributed by atoms with Gasteiger partial charge in [0.15, 0.2) is 0 Å². The minimum absolute atomic E-state index is 0. The van der Waals surface area contributed by atoms with Crippen molar-refractivity contribution in [2.24, 2.45) is 11.7 Å². The summed E-state index contributed by atoms with van der Waals surface area (Å²) in [6.07, 6.45) is 1.99. The van der Waals surface area contributed by atoms with E-state index in [4.69, 9.17) is 5.73 Å². The third-order valence-corrected chi connectivity index (χ3v) is 4.55. The molecule has 1 fully saturated rings. The number of halogens is 2. The molecule has 108 valence electrons. The Labute approximate surface area is 119 Å². The van der Waals surface area contributed by atoms with E-state index in [2.05, 4.69) is 4.72 Å². The van der Waals surface area contributed by atoms with E-state index >= 15 is 0 Å². The molecule has 4 nitrogen and oxygen atoms in total. The fraction of sp³-hybridized carbons (Fsp3) is 0.500. The highest BCUT2D eigenvalue weighted by Crippen LogP contribution is 2.32. The Morgan fingerprint density at radius 1 is 1.42 bits per heavy atom. The number of benzene rings is 1. The zero-order chi connectivity index (χ0) is 13.3. The summed E-state index contributed by atoms with van der Waals surface area (Å²) in [7, 11) is -3.69. The van der Waals surface area contributed by atoms with Crippen LogP contribution in [-0.4, -0.2) is 21.0 Å². The molecule has 19 heavy (non-hydrogen) atoms. The summed E-state index contributed by atoms with van der Waals surface area (Å²) >= 11 is 0. The van der Waals surface area contributed by atoms with Gasteiger partial charge in [0.2, 0.25) is 10.0 Å². The summed E-state index contributed by atoms with van der Waals surface area (Å²) in [5.41, 5.74) is 6.13. The highest BCUT2D eigenvalue weighted by Gasteiger charge is 2.33. The molecule has 0 aliphatic heterocycles. The van der Waals surface area contributed by atoms with Crippen LogP contribution in [0.3, 0.4) is 0 Å². The first kappa shape index (κ1) is 16.4. The Hall–Kier alpha value is -0.690. The quantitative estimate of drug-likeness (QED) is 0.867. The van der Waals surface area contributed by atoms with Gasteiger partial charge in [-0.1, -0.05) is 0 Å². The van der Waals surface area contributed by atoms with Crippen molar-refractivity contribution in [3.05, 3.63) is 29.6 Å². The number of hydrogen-bond acceptors (Lipinski definition) is 3. The molecule has 0 radical (unpaired) electrons. The van der Waals surface area contributed by atoms with Gasteiger partial charge in [-0.3, -0.25) is 0 Å². The summed E-state index contributed by atoms with van der Waals surface area (Å²) in [5.74, 6) is -0.231. The average molecular weight is 309 g/mol. The van der Waals surface area contributed by atoms with Gasteiger partial charge < -0.3 is 5.73 Å². The topological polar surface area (TPSA) is 72.2 Å². The molecule has 1 atom stereocenters. The summed E-state index contributed by atoms with van der Waals surface area (Å²) in [6.45, 7) is 1.92. The number of aryl methyl sites for hydroxylation is 1. The molecule has 1 aromatic carbocycles.